The molecule has 5 aromatic rings. The summed E-state index contributed by atoms with van der Waals surface area (Å²) in [6, 6.07) is 38.1. The van der Waals surface area contributed by atoms with Gasteiger partial charge in [0.05, 0.1) is 7.11 Å². The first-order valence-corrected chi connectivity index (χ1v) is 13.0. The quantitative estimate of drug-likeness (QED) is 0.208. The maximum absolute atomic E-state index is 13.7. The molecule has 5 rings (SSSR count). The molecule has 2 amide bonds. The average molecular weight is 519 g/mol. The van der Waals surface area contributed by atoms with Crippen molar-refractivity contribution in [3.05, 3.63) is 132 Å². The molecular formula is C32H26N2O3S. The number of rotatable bonds is 8. The molecule has 0 fully saturated rings. The van der Waals surface area contributed by atoms with Gasteiger partial charge in [0.15, 0.2) is 0 Å². The summed E-state index contributed by atoms with van der Waals surface area (Å²) < 4.78 is 5.23. The van der Waals surface area contributed by atoms with Crippen LogP contribution >= 0.6 is 11.8 Å². The molecule has 1 atom stereocenters. The van der Waals surface area contributed by atoms with E-state index in [4.69, 9.17) is 4.74 Å². The summed E-state index contributed by atoms with van der Waals surface area (Å²) in [4.78, 5) is 27.3. The highest BCUT2D eigenvalue weighted by atomic mass is 32.2. The van der Waals surface area contributed by atoms with E-state index in [-0.39, 0.29) is 11.8 Å². The third-order valence-corrected chi connectivity index (χ3v) is 7.31. The van der Waals surface area contributed by atoms with Gasteiger partial charge >= 0.3 is 0 Å². The first-order valence-electron chi connectivity index (χ1n) is 12.2. The van der Waals surface area contributed by atoms with Crippen LogP contribution in [0.4, 0.5) is 11.4 Å². The molecule has 0 aliphatic rings. The van der Waals surface area contributed by atoms with Gasteiger partial charge in [-0.25, -0.2) is 0 Å². The lowest BCUT2D eigenvalue weighted by Gasteiger charge is -2.18. The molecule has 0 aliphatic heterocycles. The van der Waals surface area contributed by atoms with Gasteiger partial charge < -0.3 is 15.4 Å². The largest absolute Gasteiger partial charge is 0.497 e. The third-order valence-electron chi connectivity index (χ3n) is 6.07. The lowest BCUT2D eigenvalue weighted by atomic mass is 10.1. The smallest absolute Gasteiger partial charge is 0.255 e. The second-order valence-corrected chi connectivity index (χ2v) is 9.82. The number of thioether (sulfide) groups is 1. The van der Waals surface area contributed by atoms with Gasteiger partial charge in [-0.3, -0.25) is 9.59 Å². The molecule has 0 spiro atoms. The van der Waals surface area contributed by atoms with Crippen molar-refractivity contribution in [2.45, 2.75) is 10.1 Å². The van der Waals surface area contributed by atoms with E-state index in [1.807, 2.05) is 97.1 Å². The topological polar surface area (TPSA) is 67.4 Å². The monoisotopic (exact) mass is 518 g/mol. The number of nitrogens with one attached hydrogen (secondary N) is 2. The van der Waals surface area contributed by atoms with Gasteiger partial charge in [0.1, 0.15) is 11.0 Å². The SMILES string of the molecule is COc1cccc(C(=O)Nc2cccc(SC(C(=O)Nc3cccc4ccccc34)c3ccccc3)c2)c1. The Morgan fingerprint density at radius 3 is 2.32 bits per heavy atom. The Bertz CT molecular complexity index is 1580. The van der Waals surface area contributed by atoms with Crippen LogP contribution in [0.15, 0.2) is 126 Å². The Hall–Kier alpha value is -4.55. The minimum Gasteiger partial charge on any atom is -0.497 e. The highest BCUT2D eigenvalue weighted by Crippen LogP contribution is 2.38. The molecule has 0 aliphatic carbocycles. The maximum atomic E-state index is 13.7. The van der Waals surface area contributed by atoms with Gasteiger partial charge in [-0.05, 0) is 53.4 Å². The lowest BCUT2D eigenvalue weighted by molar-refractivity contribution is -0.115. The highest BCUT2D eigenvalue weighted by molar-refractivity contribution is 8.00. The van der Waals surface area contributed by atoms with Crippen molar-refractivity contribution in [3.8, 4) is 5.75 Å². The van der Waals surface area contributed by atoms with Crippen LogP contribution < -0.4 is 15.4 Å². The van der Waals surface area contributed by atoms with E-state index in [1.165, 1.54) is 11.8 Å². The number of anilines is 2. The molecular weight excluding hydrogens is 492 g/mol. The van der Waals surface area contributed by atoms with E-state index in [0.29, 0.717) is 17.0 Å². The molecule has 5 nitrogen and oxygen atoms in total. The van der Waals surface area contributed by atoms with Crippen molar-refractivity contribution in [1.82, 2.24) is 0 Å². The van der Waals surface area contributed by atoms with Gasteiger partial charge in [0, 0.05) is 27.2 Å². The summed E-state index contributed by atoms with van der Waals surface area (Å²) in [5.41, 5.74) is 2.80. The van der Waals surface area contributed by atoms with Gasteiger partial charge in [0.25, 0.3) is 5.91 Å². The maximum Gasteiger partial charge on any atom is 0.255 e. The fraction of sp³-hybridized carbons (Fsp3) is 0.0625. The molecule has 6 heteroatoms. The van der Waals surface area contributed by atoms with E-state index in [0.717, 1.165) is 26.9 Å². The third kappa shape index (κ3) is 5.88. The first kappa shape index (κ1) is 25.1. The minimum atomic E-state index is -0.500. The number of fused-ring (bicyclic) bond motifs is 1. The van der Waals surface area contributed by atoms with Crippen LogP contribution in [0.25, 0.3) is 10.8 Å². The average Bonchev–Trinajstić information content (AvgIpc) is 2.96. The second-order valence-electron chi connectivity index (χ2n) is 8.64. The first-order chi connectivity index (χ1) is 18.6. The van der Waals surface area contributed by atoms with E-state index in [1.54, 1.807) is 31.4 Å². The van der Waals surface area contributed by atoms with Crippen LogP contribution in [0.3, 0.4) is 0 Å². The number of hydrogen-bond acceptors (Lipinski definition) is 4. The molecule has 2 N–H and O–H groups in total. The number of ether oxygens (including phenoxy) is 1. The van der Waals surface area contributed by atoms with Crippen LogP contribution in [0.5, 0.6) is 5.75 Å². The van der Waals surface area contributed by atoms with E-state index in [9.17, 15) is 9.59 Å². The van der Waals surface area contributed by atoms with Crippen LogP contribution in [0, 0.1) is 0 Å². The van der Waals surface area contributed by atoms with Gasteiger partial charge in [-0.15, -0.1) is 11.8 Å². The van der Waals surface area contributed by atoms with Crippen molar-refractivity contribution in [2.75, 3.05) is 17.7 Å². The fourth-order valence-electron chi connectivity index (χ4n) is 4.18. The second kappa shape index (κ2) is 11.7. The summed E-state index contributed by atoms with van der Waals surface area (Å²) in [6.45, 7) is 0. The Morgan fingerprint density at radius 2 is 1.47 bits per heavy atom. The molecule has 38 heavy (non-hydrogen) atoms. The Balaban J connectivity index is 1.38. The summed E-state index contributed by atoms with van der Waals surface area (Å²) in [5.74, 6) is 0.257. The number of amides is 2. The number of carbonyl (C=O) groups is 2. The van der Waals surface area contributed by atoms with Crippen LogP contribution in [-0.2, 0) is 4.79 Å². The Labute approximate surface area is 225 Å². The normalized spacial score (nSPS) is 11.5. The molecule has 0 aromatic heterocycles. The zero-order valence-corrected chi connectivity index (χ0v) is 21.6. The summed E-state index contributed by atoms with van der Waals surface area (Å²) >= 11 is 1.43. The zero-order chi connectivity index (χ0) is 26.3. The summed E-state index contributed by atoms with van der Waals surface area (Å²) in [5, 5.41) is 7.64. The lowest BCUT2D eigenvalue weighted by Crippen LogP contribution is -2.19. The molecule has 0 saturated heterocycles. The molecule has 1 unspecified atom stereocenters. The number of carbonyl (C=O) groups excluding carboxylic acids is 2. The number of methoxy groups -OCH3 is 1. The van der Waals surface area contributed by atoms with E-state index >= 15 is 0 Å². The van der Waals surface area contributed by atoms with Crippen molar-refractivity contribution in [1.29, 1.82) is 0 Å². The van der Waals surface area contributed by atoms with Crippen molar-refractivity contribution in [3.63, 3.8) is 0 Å². The molecule has 0 bridgehead atoms. The molecule has 188 valence electrons. The number of hydrogen-bond donors (Lipinski definition) is 2. The molecule has 0 radical (unpaired) electrons. The molecule has 5 aromatic carbocycles. The zero-order valence-electron chi connectivity index (χ0n) is 20.8. The predicted octanol–water partition coefficient (Wildman–Crippen LogP) is 7.57. The predicted molar refractivity (Wildman–Crippen MR) is 155 cm³/mol. The standard InChI is InChI=1S/C32H26N2O3S/c1-37-26-16-7-14-24(20-26)31(35)33-25-15-9-17-27(21-25)38-30(23-11-3-2-4-12-23)32(36)34-29-19-8-13-22-10-5-6-18-28(22)29/h2-21,30H,1H3,(H,33,35)(H,34,36). The van der Waals surface area contributed by atoms with Gasteiger partial charge in [-0.1, -0.05) is 78.9 Å². The molecule has 0 saturated carbocycles. The van der Waals surface area contributed by atoms with Gasteiger partial charge in [-0.2, -0.15) is 0 Å². The van der Waals surface area contributed by atoms with Crippen LogP contribution in [0.1, 0.15) is 21.2 Å². The van der Waals surface area contributed by atoms with E-state index in [2.05, 4.69) is 10.6 Å². The van der Waals surface area contributed by atoms with Gasteiger partial charge in [0.2, 0.25) is 5.91 Å². The summed E-state index contributed by atoms with van der Waals surface area (Å²) in [7, 11) is 1.57. The Kier molecular flexibility index (Phi) is 7.71. The molecule has 0 heterocycles. The fourth-order valence-corrected chi connectivity index (χ4v) is 5.27. The van der Waals surface area contributed by atoms with Crippen LogP contribution in [0.2, 0.25) is 0 Å². The Morgan fingerprint density at radius 1 is 0.737 bits per heavy atom. The number of benzene rings is 5. The summed E-state index contributed by atoms with van der Waals surface area (Å²) in [6.07, 6.45) is 0. The van der Waals surface area contributed by atoms with Crippen LogP contribution in [-0.4, -0.2) is 18.9 Å². The van der Waals surface area contributed by atoms with E-state index < -0.39 is 5.25 Å². The van der Waals surface area contributed by atoms with Crippen molar-refractivity contribution in [2.24, 2.45) is 0 Å². The van der Waals surface area contributed by atoms with Crippen molar-refractivity contribution < 1.29 is 14.3 Å². The van der Waals surface area contributed by atoms with Crippen molar-refractivity contribution >= 4 is 45.7 Å². The minimum absolute atomic E-state index is 0.122. The highest BCUT2D eigenvalue weighted by Gasteiger charge is 2.23.